The van der Waals surface area contributed by atoms with Gasteiger partial charge in [-0.3, -0.25) is 0 Å². The highest BCUT2D eigenvalue weighted by atomic mass is 35.5. The first kappa shape index (κ1) is 10.4. The van der Waals surface area contributed by atoms with Crippen molar-refractivity contribution >= 4 is 17.3 Å². The molecule has 1 nitrogen and oxygen atoms in total. The van der Waals surface area contributed by atoms with Crippen LogP contribution in [0.15, 0.2) is 12.1 Å². The summed E-state index contributed by atoms with van der Waals surface area (Å²) in [6.45, 7) is 6.32. The predicted molar refractivity (Wildman–Crippen MR) is 59.1 cm³/mol. The van der Waals surface area contributed by atoms with Gasteiger partial charge in [-0.05, 0) is 42.5 Å². The summed E-state index contributed by atoms with van der Waals surface area (Å²) in [5.74, 6) is 0.612. The van der Waals surface area contributed by atoms with Crippen molar-refractivity contribution in [1.82, 2.24) is 0 Å². The standard InChI is InChI=1S/C11H16ClN/c1-7(2)4-9-6-10(12)8(3)5-11(9)13/h5-7H,4,13H2,1-3H3. The first-order valence-corrected chi connectivity index (χ1v) is 4.93. The Hall–Kier alpha value is -0.690. The molecule has 2 N–H and O–H groups in total. The van der Waals surface area contributed by atoms with E-state index in [9.17, 15) is 0 Å². The summed E-state index contributed by atoms with van der Waals surface area (Å²) < 4.78 is 0. The minimum atomic E-state index is 0.612. The normalized spacial score (nSPS) is 10.8. The van der Waals surface area contributed by atoms with Crippen molar-refractivity contribution in [2.75, 3.05) is 5.73 Å². The zero-order valence-electron chi connectivity index (χ0n) is 8.39. The van der Waals surface area contributed by atoms with Crippen molar-refractivity contribution in [3.8, 4) is 0 Å². The number of benzene rings is 1. The second-order valence-corrected chi connectivity index (χ2v) is 4.31. The average Bonchev–Trinajstić information content (AvgIpc) is 1.99. The first-order chi connectivity index (χ1) is 6.00. The van der Waals surface area contributed by atoms with Crippen LogP contribution in [0.4, 0.5) is 5.69 Å². The molecule has 0 atom stereocenters. The minimum Gasteiger partial charge on any atom is -0.398 e. The fraction of sp³-hybridized carbons (Fsp3) is 0.455. The molecule has 0 unspecified atom stereocenters. The van der Waals surface area contributed by atoms with Crippen LogP contribution in [0.3, 0.4) is 0 Å². The maximum atomic E-state index is 6.01. The number of hydrogen-bond acceptors (Lipinski definition) is 1. The molecule has 0 aromatic heterocycles. The Labute approximate surface area is 84.9 Å². The third-order valence-corrected chi connectivity index (χ3v) is 2.46. The van der Waals surface area contributed by atoms with E-state index in [1.165, 1.54) is 0 Å². The van der Waals surface area contributed by atoms with Crippen LogP contribution in [0.5, 0.6) is 0 Å². The maximum Gasteiger partial charge on any atom is 0.0439 e. The quantitative estimate of drug-likeness (QED) is 0.723. The summed E-state index contributed by atoms with van der Waals surface area (Å²) in [5, 5.41) is 0.810. The molecule has 0 heterocycles. The zero-order chi connectivity index (χ0) is 10.0. The van der Waals surface area contributed by atoms with Gasteiger partial charge in [-0.1, -0.05) is 25.4 Å². The van der Waals surface area contributed by atoms with E-state index in [2.05, 4.69) is 13.8 Å². The lowest BCUT2D eigenvalue weighted by Gasteiger charge is -2.10. The zero-order valence-corrected chi connectivity index (χ0v) is 9.15. The van der Waals surface area contributed by atoms with Gasteiger partial charge in [0.1, 0.15) is 0 Å². The van der Waals surface area contributed by atoms with E-state index < -0.39 is 0 Å². The van der Waals surface area contributed by atoms with Gasteiger partial charge in [-0.25, -0.2) is 0 Å². The summed E-state index contributed by atoms with van der Waals surface area (Å²) in [7, 11) is 0. The number of aryl methyl sites for hydroxylation is 1. The average molecular weight is 198 g/mol. The van der Waals surface area contributed by atoms with Crippen LogP contribution in [0.2, 0.25) is 5.02 Å². The lowest BCUT2D eigenvalue weighted by molar-refractivity contribution is 0.648. The van der Waals surface area contributed by atoms with Gasteiger partial charge in [0.2, 0.25) is 0 Å². The van der Waals surface area contributed by atoms with E-state index >= 15 is 0 Å². The lowest BCUT2D eigenvalue weighted by atomic mass is 10.00. The van der Waals surface area contributed by atoms with E-state index in [-0.39, 0.29) is 0 Å². The largest absolute Gasteiger partial charge is 0.398 e. The molecule has 1 rings (SSSR count). The molecule has 0 saturated heterocycles. The van der Waals surface area contributed by atoms with E-state index in [0.717, 1.165) is 28.3 Å². The van der Waals surface area contributed by atoms with Crippen molar-refractivity contribution in [2.45, 2.75) is 27.2 Å². The first-order valence-electron chi connectivity index (χ1n) is 4.55. The minimum absolute atomic E-state index is 0.612. The van der Waals surface area contributed by atoms with E-state index in [4.69, 9.17) is 17.3 Å². The van der Waals surface area contributed by atoms with Gasteiger partial charge in [0.25, 0.3) is 0 Å². The second-order valence-electron chi connectivity index (χ2n) is 3.90. The number of nitrogens with two attached hydrogens (primary N) is 1. The molecule has 0 saturated carbocycles. The number of nitrogen functional groups attached to an aromatic ring is 1. The second kappa shape index (κ2) is 4.01. The van der Waals surface area contributed by atoms with Crippen LogP contribution >= 0.6 is 11.6 Å². The summed E-state index contributed by atoms with van der Waals surface area (Å²) in [5.41, 5.74) is 8.94. The van der Waals surface area contributed by atoms with Crippen molar-refractivity contribution in [2.24, 2.45) is 5.92 Å². The van der Waals surface area contributed by atoms with Crippen LogP contribution in [-0.4, -0.2) is 0 Å². The molecule has 13 heavy (non-hydrogen) atoms. The SMILES string of the molecule is Cc1cc(N)c(CC(C)C)cc1Cl. The highest BCUT2D eigenvalue weighted by molar-refractivity contribution is 6.31. The fourth-order valence-corrected chi connectivity index (χ4v) is 1.55. The molecule has 0 amide bonds. The number of anilines is 1. The van der Waals surface area contributed by atoms with Crippen LogP contribution in [0.25, 0.3) is 0 Å². The molecule has 2 heteroatoms. The van der Waals surface area contributed by atoms with Crippen molar-refractivity contribution in [3.05, 3.63) is 28.3 Å². The predicted octanol–water partition coefficient (Wildman–Crippen LogP) is 3.43. The Morgan fingerprint density at radius 1 is 1.38 bits per heavy atom. The fourth-order valence-electron chi connectivity index (χ4n) is 1.36. The Morgan fingerprint density at radius 3 is 2.54 bits per heavy atom. The summed E-state index contributed by atoms with van der Waals surface area (Å²) >= 11 is 6.01. The number of hydrogen-bond donors (Lipinski definition) is 1. The summed E-state index contributed by atoms with van der Waals surface area (Å²) in [6.07, 6.45) is 0.992. The molecule has 0 radical (unpaired) electrons. The smallest absolute Gasteiger partial charge is 0.0439 e. The van der Waals surface area contributed by atoms with Gasteiger partial charge in [-0.2, -0.15) is 0 Å². The monoisotopic (exact) mass is 197 g/mol. The Bertz CT molecular complexity index is 305. The van der Waals surface area contributed by atoms with Crippen LogP contribution in [0, 0.1) is 12.8 Å². The van der Waals surface area contributed by atoms with E-state index in [1.807, 2.05) is 19.1 Å². The highest BCUT2D eigenvalue weighted by Gasteiger charge is 2.05. The molecule has 0 aliphatic heterocycles. The topological polar surface area (TPSA) is 26.0 Å². The molecule has 1 aromatic rings. The molecule has 0 bridgehead atoms. The Kier molecular flexibility index (Phi) is 3.21. The molecule has 0 spiro atoms. The van der Waals surface area contributed by atoms with Gasteiger partial charge >= 0.3 is 0 Å². The van der Waals surface area contributed by atoms with E-state index in [0.29, 0.717) is 5.92 Å². The van der Waals surface area contributed by atoms with Gasteiger partial charge in [0, 0.05) is 10.7 Å². The summed E-state index contributed by atoms with van der Waals surface area (Å²) in [4.78, 5) is 0. The van der Waals surface area contributed by atoms with Crippen LogP contribution < -0.4 is 5.73 Å². The van der Waals surface area contributed by atoms with Gasteiger partial charge < -0.3 is 5.73 Å². The van der Waals surface area contributed by atoms with Crippen molar-refractivity contribution < 1.29 is 0 Å². The molecule has 0 aliphatic carbocycles. The Morgan fingerprint density at radius 2 is 2.00 bits per heavy atom. The molecular formula is C11H16ClN. The lowest BCUT2D eigenvalue weighted by Crippen LogP contribution is -2.00. The van der Waals surface area contributed by atoms with Crippen LogP contribution in [0.1, 0.15) is 25.0 Å². The third-order valence-electron chi connectivity index (χ3n) is 2.05. The summed E-state index contributed by atoms with van der Waals surface area (Å²) in [6, 6.07) is 3.92. The highest BCUT2D eigenvalue weighted by Crippen LogP contribution is 2.24. The van der Waals surface area contributed by atoms with E-state index in [1.54, 1.807) is 0 Å². The molecule has 0 aliphatic rings. The van der Waals surface area contributed by atoms with Gasteiger partial charge in [0.15, 0.2) is 0 Å². The van der Waals surface area contributed by atoms with Crippen molar-refractivity contribution in [1.29, 1.82) is 0 Å². The van der Waals surface area contributed by atoms with Crippen LogP contribution in [-0.2, 0) is 6.42 Å². The molecule has 1 aromatic carbocycles. The number of rotatable bonds is 2. The van der Waals surface area contributed by atoms with Gasteiger partial charge in [0.05, 0.1) is 0 Å². The molecular weight excluding hydrogens is 182 g/mol. The number of halogens is 1. The maximum absolute atomic E-state index is 6.01. The van der Waals surface area contributed by atoms with Gasteiger partial charge in [-0.15, -0.1) is 0 Å². The third kappa shape index (κ3) is 2.63. The van der Waals surface area contributed by atoms with Crippen molar-refractivity contribution in [3.63, 3.8) is 0 Å². The molecule has 72 valence electrons. The molecule has 0 fully saturated rings. The Balaban J connectivity index is 3.01.